The van der Waals surface area contributed by atoms with Crippen molar-refractivity contribution in [2.24, 2.45) is 12.8 Å². The number of imidazole rings is 1. The fourth-order valence-electron chi connectivity index (χ4n) is 5.96. The second kappa shape index (κ2) is 9.98. The van der Waals surface area contributed by atoms with Gasteiger partial charge in [0.2, 0.25) is 0 Å². The first-order valence-corrected chi connectivity index (χ1v) is 13.4. The summed E-state index contributed by atoms with van der Waals surface area (Å²) in [5, 5.41) is 0.966. The molecule has 1 saturated heterocycles. The van der Waals surface area contributed by atoms with Crippen LogP contribution in [0.5, 0.6) is 5.75 Å². The summed E-state index contributed by atoms with van der Waals surface area (Å²) < 4.78 is 14.8. The second-order valence-electron chi connectivity index (χ2n) is 10.4. The number of para-hydroxylation sites is 1. The molecule has 11 nitrogen and oxygen atoms in total. The van der Waals surface area contributed by atoms with Crippen molar-refractivity contribution in [3.63, 3.8) is 0 Å². The summed E-state index contributed by atoms with van der Waals surface area (Å²) in [7, 11) is 3.53. The van der Waals surface area contributed by atoms with Gasteiger partial charge in [0.15, 0.2) is 12.4 Å². The van der Waals surface area contributed by atoms with E-state index in [1.807, 2.05) is 35.9 Å². The molecular formula is C29H32N6O5. The molecule has 0 bridgehead atoms. The number of ether oxygens (including phenoxy) is 2. The highest BCUT2D eigenvalue weighted by molar-refractivity contribution is 6.06. The Kier molecular flexibility index (Phi) is 6.46. The van der Waals surface area contributed by atoms with Crippen molar-refractivity contribution in [2.75, 3.05) is 38.3 Å². The SMILES string of the molecule is COc1cc(C(=O)N2CCCC(N)C2)cc2nc(-c3cc4cccc5c4n3CCN5C(=O)COC(C)=O)n(C)c12. The smallest absolute Gasteiger partial charge is 0.303 e. The summed E-state index contributed by atoms with van der Waals surface area (Å²) in [6.45, 7) is 3.18. The predicted octanol–water partition coefficient (Wildman–Crippen LogP) is 2.68. The second-order valence-corrected chi connectivity index (χ2v) is 10.4. The number of aromatic nitrogens is 3. The van der Waals surface area contributed by atoms with Crippen molar-refractivity contribution in [3.05, 3.63) is 42.0 Å². The maximum Gasteiger partial charge on any atom is 0.303 e. The molecule has 208 valence electrons. The van der Waals surface area contributed by atoms with Crippen LogP contribution >= 0.6 is 0 Å². The number of hydrogen-bond donors (Lipinski definition) is 1. The van der Waals surface area contributed by atoms with Crippen molar-refractivity contribution in [1.82, 2.24) is 19.0 Å². The Morgan fingerprint density at radius 1 is 1.10 bits per heavy atom. The van der Waals surface area contributed by atoms with Crippen LogP contribution in [0, 0.1) is 0 Å². The van der Waals surface area contributed by atoms with Crippen LogP contribution in [0.15, 0.2) is 36.4 Å². The average Bonchev–Trinajstić information content (AvgIpc) is 3.49. The number of nitrogens with zero attached hydrogens (tertiary/aromatic N) is 5. The first-order valence-electron chi connectivity index (χ1n) is 13.4. The van der Waals surface area contributed by atoms with Gasteiger partial charge in [-0.1, -0.05) is 12.1 Å². The molecule has 1 unspecified atom stereocenters. The van der Waals surface area contributed by atoms with Gasteiger partial charge < -0.3 is 34.1 Å². The lowest BCUT2D eigenvalue weighted by Gasteiger charge is -2.30. The third-order valence-corrected chi connectivity index (χ3v) is 7.81. The molecule has 2 aliphatic heterocycles. The van der Waals surface area contributed by atoms with Gasteiger partial charge >= 0.3 is 5.97 Å². The van der Waals surface area contributed by atoms with E-state index in [4.69, 9.17) is 20.2 Å². The molecule has 2 N–H and O–H groups in total. The van der Waals surface area contributed by atoms with Crippen LogP contribution in [0.25, 0.3) is 33.5 Å². The molecule has 0 radical (unpaired) electrons. The van der Waals surface area contributed by atoms with E-state index in [1.165, 1.54) is 6.92 Å². The van der Waals surface area contributed by atoms with E-state index in [0.29, 0.717) is 43.0 Å². The molecule has 1 fully saturated rings. The number of carbonyl (C=O) groups excluding carboxylic acids is 3. The van der Waals surface area contributed by atoms with E-state index >= 15 is 0 Å². The zero-order chi connectivity index (χ0) is 28.1. The number of methoxy groups -OCH3 is 1. The Morgan fingerprint density at radius 2 is 1.93 bits per heavy atom. The van der Waals surface area contributed by atoms with Crippen molar-refractivity contribution in [1.29, 1.82) is 0 Å². The Balaban J connectivity index is 1.42. The third-order valence-electron chi connectivity index (χ3n) is 7.81. The van der Waals surface area contributed by atoms with Gasteiger partial charge in [-0.25, -0.2) is 4.98 Å². The van der Waals surface area contributed by atoms with E-state index in [0.717, 1.165) is 46.5 Å². The number of likely N-dealkylation sites (tertiary alicyclic amines) is 1. The van der Waals surface area contributed by atoms with E-state index in [2.05, 4.69) is 10.6 Å². The molecule has 0 spiro atoms. The number of nitrogens with two attached hydrogens (primary N) is 1. The fourth-order valence-corrected chi connectivity index (χ4v) is 5.96. The molecule has 11 heteroatoms. The van der Waals surface area contributed by atoms with Crippen LogP contribution in [0.3, 0.4) is 0 Å². The summed E-state index contributed by atoms with van der Waals surface area (Å²) >= 11 is 0. The van der Waals surface area contributed by atoms with Gasteiger partial charge in [0.1, 0.15) is 11.3 Å². The van der Waals surface area contributed by atoms with Gasteiger partial charge in [-0.05, 0) is 37.1 Å². The molecule has 0 aliphatic carbocycles. The van der Waals surface area contributed by atoms with Crippen LogP contribution in [-0.4, -0.2) is 76.2 Å². The van der Waals surface area contributed by atoms with Crippen LogP contribution in [0.2, 0.25) is 0 Å². The number of hydrogen-bond acceptors (Lipinski definition) is 7. The van der Waals surface area contributed by atoms with Gasteiger partial charge in [0.05, 0.1) is 29.5 Å². The number of rotatable bonds is 5. The highest BCUT2D eigenvalue weighted by Gasteiger charge is 2.29. The Labute approximate surface area is 231 Å². The molecule has 40 heavy (non-hydrogen) atoms. The van der Waals surface area contributed by atoms with E-state index in [9.17, 15) is 14.4 Å². The van der Waals surface area contributed by atoms with Gasteiger partial charge in [-0.3, -0.25) is 14.4 Å². The molecular weight excluding hydrogens is 512 g/mol. The first-order chi connectivity index (χ1) is 19.3. The highest BCUT2D eigenvalue weighted by atomic mass is 16.5. The van der Waals surface area contributed by atoms with E-state index in [-0.39, 0.29) is 24.5 Å². The summed E-state index contributed by atoms with van der Waals surface area (Å²) in [6, 6.07) is 11.5. The third kappa shape index (κ3) is 4.26. The number of fused-ring (bicyclic) bond motifs is 1. The van der Waals surface area contributed by atoms with Gasteiger partial charge in [0, 0.05) is 57.1 Å². The van der Waals surface area contributed by atoms with Crippen molar-refractivity contribution in [2.45, 2.75) is 32.4 Å². The van der Waals surface area contributed by atoms with Crippen molar-refractivity contribution in [3.8, 4) is 17.3 Å². The minimum Gasteiger partial charge on any atom is -0.494 e. The lowest BCUT2D eigenvalue weighted by molar-refractivity contribution is -0.145. The molecule has 4 heterocycles. The van der Waals surface area contributed by atoms with Gasteiger partial charge in [-0.15, -0.1) is 0 Å². The quantitative estimate of drug-likeness (QED) is 0.383. The average molecular weight is 545 g/mol. The minimum absolute atomic E-state index is 0.0111. The maximum atomic E-state index is 13.4. The monoisotopic (exact) mass is 544 g/mol. The lowest BCUT2D eigenvalue weighted by atomic mass is 10.0. The maximum absolute atomic E-state index is 13.4. The zero-order valence-corrected chi connectivity index (χ0v) is 22.8. The highest BCUT2D eigenvalue weighted by Crippen LogP contribution is 2.39. The zero-order valence-electron chi connectivity index (χ0n) is 22.8. The number of carbonyl (C=O) groups is 3. The largest absolute Gasteiger partial charge is 0.494 e. The molecule has 4 aromatic rings. The summed E-state index contributed by atoms with van der Waals surface area (Å²) in [5.74, 6) is 0.460. The van der Waals surface area contributed by atoms with E-state index in [1.54, 1.807) is 23.0 Å². The molecule has 2 amide bonds. The van der Waals surface area contributed by atoms with Gasteiger partial charge in [-0.2, -0.15) is 0 Å². The molecule has 2 aromatic heterocycles. The molecule has 6 rings (SSSR count). The van der Waals surface area contributed by atoms with Crippen molar-refractivity contribution >= 4 is 45.4 Å². The first kappa shape index (κ1) is 25.9. The normalized spacial score (nSPS) is 16.9. The Hall–Kier alpha value is -4.38. The number of piperidine rings is 1. The van der Waals surface area contributed by atoms with Crippen LogP contribution in [0.4, 0.5) is 5.69 Å². The number of benzene rings is 2. The topological polar surface area (TPSA) is 125 Å². The van der Waals surface area contributed by atoms with Crippen LogP contribution < -0.4 is 15.4 Å². The van der Waals surface area contributed by atoms with Crippen LogP contribution in [0.1, 0.15) is 30.1 Å². The van der Waals surface area contributed by atoms with Crippen molar-refractivity contribution < 1.29 is 23.9 Å². The van der Waals surface area contributed by atoms with Crippen LogP contribution in [-0.2, 0) is 27.9 Å². The number of esters is 1. The number of amides is 2. The van der Waals surface area contributed by atoms with E-state index < -0.39 is 5.97 Å². The minimum atomic E-state index is -0.490. The summed E-state index contributed by atoms with van der Waals surface area (Å²) in [4.78, 5) is 45.9. The predicted molar refractivity (Wildman–Crippen MR) is 150 cm³/mol. The number of anilines is 1. The standard InChI is InChI=1S/C29H32N6O5/c1-17(36)40-16-25(37)34-10-11-35-23(13-18-6-4-8-22(34)26(18)35)28-31-21-12-19(14-24(39-3)27(21)32(28)2)29(38)33-9-5-7-20(30)15-33/h4,6,8,12-14,20H,5,7,9-11,15-16,30H2,1-3H3. The molecule has 0 saturated carbocycles. The molecule has 2 aliphatic rings. The summed E-state index contributed by atoms with van der Waals surface area (Å²) in [5.41, 5.74) is 10.7. The lowest BCUT2D eigenvalue weighted by Crippen LogP contribution is -2.45. The molecule has 2 aromatic carbocycles. The molecule has 1 atom stereocenters. The fraction of sp³-hybridized carbons (Fsp3) is 0.379. The Bertz CT molecular complexity index is 1670. The Morgan fingerprint density at radius 3 is 2.67 bits per heavy atom. The number of aryl methyl sites for hydroxylation is 1. The van der Waals surface area contributed by atoms with Gasteiger partial charge in [0.25, 0.3) is 11.8 Å². The summed E-state index contributed by atoms with van der Waals surface area (Å²) in [6.07, 6.45) is 1.81.